The molecule has 0 amide bonds. The van der Waals surface area contributed by atoms with E-state index in [0.717, 1.165) is 0 Å². The van der Waals surface area contributed by atoms with Gasteiger partial charge in [-0.2, -0.15) is 0 Å². The maximum absolute atomic E-state index is 11.6. The number of hydrogen-bond donors (Lipinski definition) is 0. The van der Waals surface area contributed by atoms with Crippen molar-refractivity contribution in [1.82, 2.24) is 0 Å². The normalized spacial score (nSPS) is 22.8. The van der Waals surface area contributed by atoms with Gasteiger partial charge in [0, 0.05) is 6.92 Å². The quantitative estimate of drug-likeness (QED) is 0.673. The van der Waals surface area contributed by atoms with E-state index in [9.17, 15) is 9.59 Å². The summed E-state index contributed by atoms with van der Waals surface area (Å²) in [6.07, 6.45) is 0. The van der Waals surface area contributed by atoms with Crippen molar-refractivity contribution < 1.29 is 23.8 Å². The Morgan fingerprint density at radius 3 is 2.69 bits per heavy atom. The lowest BCUT2D eigenvalue weighted by Crippen LogP contribution is -2.45. The van der Waals surface area contributed by atoms with E-state index in [0.29, 0.717) is 11.3 Å². The molecule has 1 aromatic carbocycles. The summed E-state index contributed by atoms with van der Waals surface area (Å²) in [5, 5.41) is 0. The molecule has 1 aliphatic heterocycles. The average molecular weight is 222 g/mol. The number of para-hydroxylation sites is 1. The summed E-state index contributed by atoms with van der Waals surface area (Å²) in [5.41, 5.74) is 0.312. The Hall–Kier alpha value is -2.04. The minimum Gasteiger partial charge on any atom is -0.420 e. The van der Waals surface area contributed by atoms with E-state index in [2.05, 4.69) is 0 Å². The number of cyclic esters (lactones) is 1. The van der Waals surface area contributed by atoms with Crippen LogP contribution >= 0.6 is 0 Å². The molecule has 0 spiro atoms. The van der Waals surface area contributed by atoms with Crippen LogP contribution in [-0.2, 0) is 14.3 Å². The molecule has 16 heavy (non-hydrogen) atoms. The summed E-state index contributed by atoms with van der Waals surface area (Å²) in [5.74, 6) is -2.51. The van der Waals surface area contributed by atoms with Gasteiger partial charge in [-0.1, -0.05) is 12.1 Å². The van der Waals surface area contributed by atoms with Gasteiger partial charge in [-0.3, -0.25) is 4.79 Å². The molecule has 84 valence electrons. The smallest absolute Gasteiger partial charge is 0.418 e. The van der Waals surface area contributed by atoms with E-state index in [-0.39, 0.29) is 0 Å². The van der Waals surface area contributed by atoms with Crippen molar-refractivity contribution in [3.63, 3.8) is 0 Å². The van der Waals surface area contributed by atoms with Crippen LogP contribution in [0.25, 0.3) is 0 Å². The summed E-state index contributed by atoms with van der Waals surface area (Å²) < 4.78 is 15.0. The molecule has 5 heteroatoms. The zero-order chi connectivity index (χ0) is 11.8. The Bertz CT molecular complexity index is 453. The number of ether oxygens (including phenoxy) is 3. The van der Waals surface area contributed by atoms with Gasteiger partial charge in [-0.25, -0.2) is 4.79 Å². The van der Waals surface area contributed by atoms with Gasteiger partial charge >= 0.3 is 17.9 Å². The molecular formula is C11H10O5. The molecule has 5 nitrogen and oxygen atoms in total. The Balaban J connectivity index is 2.33. The summed E-state index contributed by atoms with van der Waals surface area (Å²) in [7, 11) is 0. The van der Waals surface area contributed by atoms with Crippen molar-refractivity contribution in [3.8, 4) is 5.75 Å². The number of fused-ring (bicyclic) bond motifs is 1. The fourth-order valence-electron chi connectivity index (χ4n) is 1.47. The maximum Gasteiger partial charge on any atom is 0.418 e. The van der Waals surface area contributed by atoms with Crippen LogP contribution in [0.4, 0.5) is 0 Å². The van der Waals surface area contributed by atoms with Crippen molar-refractivity contribution in [1.29, 1.82) is 0 Å². The zero-order valence-electron chi connectivity index (χ0n) is 8.85. The Morgan fingerprint density at radius 2 is 2.00 bits per heavy atom. The second kappa shape index (κ2) is 3.52. The summed E-state index contributed by atoms with van der Waals surface area (Å²) in [4.78, 5) is 22.4. The van der Waals surface area contributed by atoms with Gasteiger partial charge in [0.15, 0.2) is 0 Å². The van der Waals surface area contributed by atoms with Gasteiger partial charge < -0.3 is 14.2 Å². The molecule has 1 aromatic rings. The Kier molecular flexibility index (Phi) is 2.30. The first-order valence-corrected chi connectivity index (χ1v) is 4.71. The fourth-order valence-corrected chi connectivity index (χ4v) is 1.47. The number of benzene rings is 1. The first-order valence-electron chi connectivity index (χ1n) is 4.71. The van der Waals surface area contributed by atoms with E-state index in [1.54, 1.807) is 24.3 Å². The molecule has 1 heterocycles. The highest BCUT2D eigenvalue weighted by Gasteiger charge is 2.41. The summed E-state index contributed by atoms with van der Waals surface area (Å²) in [6.45, 7) is 2.57. The second-order valence-electron chi connectivity index (χ2n) is 3.44. The predicted molar refractivity (Wildman–Crippen MR) is 52.7 cm³/mol. The first-order chi connectivity index (χ1) is 7.50. The van der Waals surface area contributed by atoms with E-state index < -0.39 is 17.9 Å². The minimum absolute atomic E-state index is 0.312. The van der Waals surface area contributed by atoms with E-state index >= 15 is 0 Å². The topological polar surface area (TPSA) is 61.8 Å². The maximum atomic E-state index is 11.6. The first kappa shape index (κ1) is 10.5. The number of carbonyl (C=O) groups excluding carboxylic acids is 2. The van der Waals surface area contributed by atoms with Crippen LogP contribution in [0.1, 0.15) is 24.2 Å². The predicted octanol–water partition coefficient (Wildman–Crippen LogP) is 1.47. The highest BCUT2D eigenvalue weighted by atomic mass is 16.9. The lowest BCUT2D eigenvalue weighted by atomic mass is 10.2. The number of esters is 2. The number of rotatable bonds is 1. The van der Waals surface area contributed by atoms with Crippen molar-refractivity contribution in [2.45, 2.75) is 19.8 Å². The van der Waals surface area contributed by atoms with Crippen molar-refractivity contribution >= 4 is 11.9 Å². The lowest BCUT2D eigenvalue weighted by Gasteiger charge is -2.32. The molecule has 1 aliphatic rings. The fraction of sp³-hybridized carbons (Fsp3) is 0.273. The molecule has 1 unspecified atom stereocenters. The number of carbonyl (C=O) groups is 2. The van der Waals surface area contributed by atoms with E-state index in [4.69, 9.17) is 14.2 Å². The molecular weight excluding hydrogens is 212 g/mol. The largest absolute Gasteiger partial charge is 0.420 e. The average Bonchev–Trinajstić information content (AvgIpc) is 2.15. The standard InChI is InChI=1S/C11H10O5/c1-7(12)14-11(2)15-9-6-4-3-5-8(9)10(13)16-11/h3-6H,1-2H3. The van der Waals surface area contributed by atoms with Crippen LogP contribution in [0, 0.1) is 0 Å². The Labute approximate surface area is 91.9 Å². The van der Waals surface area contributed by atoms with Crippen molar-refractivity contribution in [3.05, 3.63) is 29.8 Å². The van der Waals surface area contributed by atoms with Crippen molar-refractivity contribution in [2.75, 3.05) is 0 Å². The summed E-state index contributed by atoms with van der Waals surface area (Å²) >= 11 is 0. The van der Waals surface area contributed by atoms with E-state index in [1.165, 1.54) is 13.8 Å². The highest BCUT2D eigenvalue weighted by molar-refractivity contribution is 5.93. The van der Waals surface area contributed by atoms with Crippen LogP contribution in [0.2, 0.25) is 0 Å². The molecule has 1 atom stereocenters. The van der Waals surface area contributed by atoms with Crippen LogP contribution in [0.15, 0.2) is 24.3 Å². The molecule has 0 saturated heterocycles. The third-order valence-corrected chi connectivity index (χ3v) is 2.01. The Morgan fingerprint density at radius 1 is 1.31 bits per heavy atom. The van der Waals surface area contributed by atoms with Gasteiger partial charge in [0.05, 0.1) is 6.92 Å². The van der Waals surface area contributed by atoms with E-state index in [1.807, 2.05) is 0 Å². The minimum atomic E-state index is -1.68. The summed E-state index contributed by atoms with van der Waals surface area (Å²) in [6, 6.07) is 6.59. The molecule has 0 radical (unpaired) electrons. The molecule has 0 fully saturated rings. The van der Waals surface area contributed by atoms with Gasteiger partial charge in [-0.15, -0.1) is 0 Å². The molecule has 0 bridgehead atoms. The third-order valence-electron chi connectivity index (χ3n) is 2.01. The third kappa shape index (κ3) is 1.84. The highest BCUT2D eigenvalue weighted by Crippen LogP contribution is 2.31. The zero-order valence-corrected chi connectivity index (χ0v) is 8.85. The molecule has 2 rings (SSSR count). The van der Waals surface area contributed by atoms with Gasteiger partial charge in [0.1, 0.15) is 11.3 Å². The van der Waals surface area contributed by atoms with Gasteiger partial charge in [0.2, 0.25) is 0 Å². The SMILES string of the molecule is CC(=O)OC1(C)OC(=O)c2ccccc2O1. The molecule has 0 aromatic heterocycles. The molecule has 0 aliphatic carbocycles. The number of hydrogen-bond acceptors (Lipinski definition) is 5. The van der Waals surface area contributed by atoms with Gasteiger partial charge in [-0.05, 0) is 12.1 Å². The second-order valence-corrected chi connectivity index (χ2v) is 3.44. The molecule has 0 N–H and O–H groups in total. The lowest BCUT2D eigenvalue weighted by molar-refractivity contribution is -0.291. The molecule has 0 saturated carbocycles. The van der Waals surface area contributed by atoms with Crippen LogP contribution in [0.3, 0.4) is 0 Å². The monoisotopic (exact) mass is 222 g/mol. The van der Waals surface area contributed by atoms with Crippen LogP contribution in [0.5, 0.6) is 5.75 Å². The van der Waals surface area contributed by atoms with Crippen molar-refractivity contribution in [2.24, 2.45) is 0 Å². The van der Waals surface area contributed by atoms with Crippen LogP contribution in [-0.4, -0.2) is 17.9 Å². The van der Waals surface area contributed by atoms with Gasteiger partial charge in [0.25, 0.3) is 0 Å². The van der Waals surface area contributed by atoms with Crippen LogP contribution < -0.4 is 4.74 Å².